The van der Waals surface area contributed by atoms with E-state index in [1.807, 2.05) is 35.9 Å². The van der Waals surface area contributed by atoms with Crippen LogP contribution in [0.2, 0.25) is 5.02 Å². The zero-order chi connectivity index (χ0) is 12.6. The minimum Gasteiger partial charge on any atom is -0.341 e. The number of halogens is 1. The van der Waals surface area contributed by atoms with Gasteiger partial charge in [-0.1, -0.05) is 35.9 Å². The number of para-hydroxylation sites is 1. The number of fused-ring (bicyclic) bond motifs is 1. The van der Waals surface area contributed by atoms with Gasteiger partial charge in [-0.3, -0.25) is 4.79 Å². The van der Waals surface area contributed by atoms with Crippen LogP contribution >= 0.6 is 11.6 Å². The third kappa shape index (κ3) is 2.13. The van der Waals surface area contributed by atoms with E-state index in [1.165, 1.54) is 0 Å². The van der Waals surface area contributed by atoms with Gasteiger partial charge in [-0.25, -0.2) is 0 Å². The second-order valence-corrected chi connectivity index (χ2v) is 4.73. The lowest BCUT2D eigenvalue weighted by Crippen LogP contribution is -1.97. The molecule has 2 nitrogen and oxygen atoms in total. The van der Waals surface area contributed by atoms with E-state index in [4.69, 9.17) is 11.6 Å². The average Bonchev–Trinajstić information content (AvgIpc) is 2.57. The van der Waals surface area contributed by atoms with Crippen molar-refractivity contribution in [1.82, 2.24) is 4.57 Å². The second-order valence-electron chi connectivity index (χ2n) is 4.32. The van der Waals surface area contributed by atoms with Crippen LogP contribution in [-0.4, -0.2) is 10.4 Å². The largest absolute Gasteiger partial charge is 0.341 e. The van der Waals surface area contributed by atoms with Crippen molar-refractivity contribution in [1.29, 1.82) is 0 Å². The van der Waals surface area contributed by atoms with Crippen LogP contribution in [-0.2, 0) is 6.54 Å². The fraction of sp³-hybridized carbons (Fsp3) is 0.214. The number of nitrogens with zero attached hydrogens (tertiary/aromatic N) is 1. The molecule has 0 aliphatic rings. The zero-order valence-electron chi connectivity index (χ0n) is 9.96. The summed E-state index contributed by atoms with van der Waals surface area (Å²) in [7, 11) is 0. The van der Waals surface area contributed by atoms with Crippen LogP contribution in [0.4, 0.5) is 0 Å². The maximum Gasteiger partial charge on any atom is 0.161 e. The molecule has 1 aromatic heterocycles. The summed E-state index contributed by atoms with van der Waals surface area (Å²) in [6.07, 6.45) is 1.85. The predicted molar refractivity (Wildman–Crippen MR) is 71.8 cm³/mol. The minimum atomic E-state index is 0.0535. The number of aromatic nitrogens is 1. The zero-order valence-corrected chi connectivity index (χ0v) is 10.7. The van der Waals surface area contributed by atoms with Gasteiger partial charge in [-0.05, 0) is 19.9 Å². The molecule has 3 heteroatoms. The molecule has 0 saturated carbocycles. The molecule has 88 valence electrons. The number of hydrogen-bond acceptors (Lipinski definition) is 1. The van der Waals surface area contributed by atoms with Crippen LogP contribution in [0.15, 0.2) is 36.5 Å². The minimum absolute atomic E-state index is 0.0535. The number of carbonyl (C=O) groups excluding carboxylic acids is 1. The van der Waals surface area contributed by atoms with E-state index in [9.17, 15) is 4.79 Å². The normalized spacial score (nSPS) is 10.8. The van der Waals surface area contributed by atoms with Crippen molar-refractivity contribution < 1.29 is 4.79 Å². The van der Waals surface area contributed by atoms with Crippen molar-refractivity contribution in [2.45, 2.75) is 20.4 Å². The number of allylic oxidation sites excluding steroid dienone is 1. The fourth-order valence-corrected chi connectivity index (χ4v) is 2.29. The smallest absolute Gasteiger partial charge is 0.161 e. The summed E-state index contributed by atoms with van der Waals surface area (Å²) < 4.78 is 1.98. The molecule has 0 aliphatic heterocycles. The second kappa shape index (κ2) is 4.38. The molecular formula is C14H14ClNO. The van der Waals surface area contributed by atoms with Crippen molar-refractivity contribution in [3.05, 3.63) is 47.1 Å². The van der Waals surface area contributed by atoms with Gasteiger partial charge in [0.1, 0.15) is 0 Å². The Morgan fingerprint density at radius 2 is 2.12 bits per heavy atom. The molecule has 17 heavy (non-hydrogen) atoms. The van der Waals surface area contributed by atoms with Gasteiger partial charge in [0.05, 0.1) is 10.5 Å². The lowest BCUT2D eigenvalue weighted by atomic mass is 10.1. The summed E-state index contributed by atoms with van der Waals surface area (Å²) in [5, 5.41) is 1.57. The molecule has 1 aromatic carbocycles. The Bertz CT molecular complexity index is 610. The van der Waals surface area contributed by atoms with Gasteiger partial charge in [-0.2, -0.15) is 0 Å². The van der Waals surface area contributed by atoms with Gasteiger partial charge in [0.2, 0.25) is 0 Å². The highest BCUT2D eigenvalue weighted by atomic mass is 35.5. The summed E-state index contributed by atoms with van der Waals surface area (Å²) in [4.78, 5) is 11.6. The van der Waals surface area contributed by atoms with Crippen LogP contribution in [0.25, 0.3) is 10.9 Å². The van der Waals surface area contributed by atoms with E-state index < -0.39 is 0 Å². The lowest BCUT2D eigenvalue weighted by Gasteiger charge is -2.05. The topological polar surface area (TPSA) is 22.0 Å². The van der Waals surface area contributed by atoms with Crippen molar-refractivity contribution in [2.24, 2.45) is 0 Å². The van der Waals surface area contributed by atoms with Crippen molar-refractivity contribution >= 4 is 28.3 Å². The number of hydrogen-bond donors (Lipinski definition) is 0. The van der Waals surface area contributed by atoms with Crippen LogP contribution in [0, 0.1) is 0 Å². The van der Waals surface area contributed by atoms with E-state index in [0.29, 0.717) is 17.1 Å². The molecule has 2 rings (SSSR count). The Morgan fingerprint density at radius 1 is 1.41 bits per heavy atom. The molecule has 0 bridgehead atoms. The quantitative estimate of drug-likeness (QED) is 0.592. The standard InChI is InChI=1S/C14H14ClNO/c1-9(2)7-16-8-12(10(3)17)11-5-4-6-13(15)14(11)16/h4-6,8H,1,7H2,2-3H3. The highest BCUT2D eigenvalue weighted by Gasteiger charge is 2.13. The maximum absolute atomic E-state index is 11.6. The number of carbonyl (C=O) groups is 1. The summed E-state index contributed by atoms with van der Waals surface area (Å²) in [5.41, 5.74) is 2.64. The van der Waals surface area contributed by atoms with E-state index in [-0.39, 0.29) is 5.78 Å². The van der Waals surface area contributed by atoms with Gasteiger partial charge < -0.3 is 4.57 Å². The molecule has 0 N–H and O–H groups in total. The first kappa shape index (κ1) is 11.9. The Morgan fingerprint density at radius 3 is 2.71 bits per heavy atom. The Balaban J connectivity index is 2.75. The van der Waals surface area contributed by atoms with Gasteiger partial charge in [0.15, 0.2) is 5.78 Å². The molecule has 0 spiro atoms. The highest BCUT2D eigenvalue weighted by Crippen LogP contribution is 2.28. The molecule has 0 aliphatic carbocycles. The predicted octanol–water partition coefficient (Wildman–Crippen LogP) is 4.07. The van der Waals surface area contributed by atoms with Gasteiger partial charge in [0.25, 0.3) is 0 Å². The third-order valence-electron chi connectivity index (χ3n) is 2.67. The first-order valence-corrected chi connectivity index (χ1v) is 5.81. The van der Waals surface area contributed by atoms with Crippen molar-refractivity contribution in [3.8, 4) is 0 Å². The van der Waals surface area contributed by atoms with E-state index >= 15 is 0 Å². The lowest BCUT2D eigenvalue weighted by molar-refractivity contribution is 0.101. The average molecular weight is 248 g/mol. The molecule has 0 amide bonds. The number of benzene rings is 1. The van der Waals surface area contributed by atoms with Crippen molar-refractivity contribution in [3.63, 3.8) is 0 Å². The summed E-state index contributed by atoms with van der Waals surface area (Å²) in [5.74, 6) is 0.0535. The molecule has 0 atom stereocenters. The number of rotatable bonds is 3. The molecule has 0 saturated heterocycles. The molecule has 0 radical (unpaired) electrons. The van der Waals surface area contributed by atoms with Crippen molar-refractivity contribution in [2.75, 3.05) is 0 Å². The SMILES string of the molecule is C=C(C)Cn1cc(C(C)=O)c2cccc(Cl)c21. The number of ketones is 1. The van der Waals surface area contributed by atoms with Gasteiger partial charge >= 0.3 is 0 Å². The van der Waals surface area contributed by atoms with Crippen LogP contribution < -0.4 is 0 Å². The highest BCUT2D eigenvalue weighted by molar-refractivity contribution is 6.35. The molecule has 0 fully saturated rings. The molecule has 2 aromatic rings. The summed E-state index contributed by atoms with van der Waals surface area (Å²) >= 11 is 6.20. The fourth-order valence-electron chi connectivity index (χ4n) is 2.01. The molecular weight excluding hydrogens is 234 g/mol. The number of Topliss-reactive ketones (excluding diaryl/α,β-unsaturated/α-hetero) is 1. The van der Waals surface area contributed by atoms with Crippen LogP contribution in [0.1, 0.15) is 24.2 Å². The third-order valence-corrected chi connectivity index (χ3v) is 2.97. The van der Waals surface area contributed by atoms with E-state index in [0.717, 1.165) is 16.5 Å². The summed E-state index contributed by atoms with van der Waals surface area (Å²) in [6, 6.07) is 5.62. The Kier molecular flexibility index (Phi) is 3.07. The van der Waals surface area contributed by atoms with Gasteiger partial charge in [-0.15, -0.1) is 0 Å². The van der Waals surface area contributed by atoms with Gasteiger partial charge in [0, 0.05) is 23.7 Å². The molecule has 1 heterocycles. The summed E-state index contributed by atoms with van der Waals surface area (Å²) in [6.45, 7) is 8.09. The van der Waals surface area contributed by atoms with Crippen LogP contribution in [0.3, 0.4) is 0 Å². The first-order valence-electron chi connectivity index (χ1n) is 5.43. The monoisotopic (exact) mass is 247 g/mol. The molecule has 0 unspecified atom stereocenters. The maximum atomic E-state index is 11.6. The van der Waals surface area contributed by atoms with E-state index in [2.05, 4.69) is 6.58 Å². The van der Waals surface area contributed by atoms with Crippen LogP contribution in [0.5, 0.6) is 0 Å². The van der Waals surface area contributed by atoms with E-state index in [1.54, 1.807) is 6.92 Å². The Hall–Kier alpha value is -1.54. The Labute approximate surface area is 105 Å². The first-order chi connectivity index (χ1) is 8.00.